The summed E-state index contributed by atoms with van der Waals surface area (Å²) in [7, 11) is 0. The summed E-state index contributed by atoms with van der Waals surface area (Å²) < 4.78 is 12.3. The number of carbonyl (C=O) groups is 1. The number of amides is 1. The topological polar surface area (TPSA) is 85.8 Å². The van der Waals surface area contributed by atoms with Gasteiger partial charge in [-0.05, 0) is 48.2 Å². The van der Waals surface area contributed by atoms with Gasteiger partial charge in [0.05, 0.1) is 11.4 Å². The number of aryl methyl sites for hydroxylation is 1. The van der Waals surface area contributed by atoms with Crippen molar-refractivity contribution in [2.75, 3.05) is 5.32 Å². The van der Waals surface area contributed by atoms with E-state index in [-0.39, 0.29) is 23.5 Å². The predicted molar refractivity (Wildman–Crippen MR) is 127 cm³/mol. The van der Waals surface area contributed by atoms with E-state index in [2.05, 4.69) is 31.1 Å². The number of rotatable bonds is 5. The van der Waals surface area contributed by atoms with E-state index in [0.29, 0.717) is 39.1 Å². The Hall–Kier alpha value is -3.58. The Morgan fingerprint density at radius 3 is 2.55 bits per heavy atom. The SMILES string of the molecule is Cc1cc2nc(COc3ccc(Cl)cc3NC(=O)c3ccc(C(C)(C)C)cc3)cc(=O)n2o1. The molecule has 0 radical (unpaired) electrons. The number of ether oxygens (including phenoxy) is 1. The third-order valence-corrected chi connectivity index (χ3v) is 5.34. The summed E-state index contributed by atoms with van der Waals surface area (Å²) in [6.45, 7) is 8.12. The molecule has 170 valence electrons. The zero-order chi connectivity index (χ0) is 23.8. The largest absolute Gasteiger partial charge is 0.485 e. The van der Waals surface area contributed by atoms with Crippen molar-refractivity contribution in [2.45, 2.75) is 39.7 Å². The lowest BCUT2D eigenvalue weighted by Crippen LogP contribution is -2.16. The molecule has 0 unspecified atom stereocenters. The van der Waals surface area contributed by atoms with Gasteiger partial charge in [-0.15, -0.1) is 4.57 Å². The maximum absolute atomic E-state index is 12.8. The summed E-state index contributed by atoms with van der Waals surface area (Å²) in [5.41, 5.74) is 2.58. The highest BCUT2D eigenvalue weighted by Crippen LogP contribution is 2.29. The van der Waals surface area contributed by atoms with Gasteiger partial charge in [0.25, 0.3) is 11.5 Å². The molecule has 0 atom stereocenters. The Morgan fingerprint density at radius 2 is 1.85 bits per heavy atom. The molecule has 2 aromatic heterocycles. The van der Waals surface area contributed by atoms with E-state index in [1.54, 1.807) is 43.3 Å². The van der Waals surface area contributed by atoms with Gasteiger partial charge >= 0.3 is 0 Å². The number of halogens is 1. The third-order valence-electron chi connectivity index (χ3n) is 5.10. The molecule has 1 N–H and O–H groups in total. The van der Waals surface area contributed by atoms with Crippen LogP contribution in [0.5, 0.6) is 5.75 Å². The van der Waals surface area contributed by atoms with Crippen molar-refractivity contribution in [3.8, 4) is 5.75 Å². The lowest BCUT2D eigenvalue weighted by molar-refractivity contribution is 0.102. The van der Waals surface area contributed by atoms with Crippen LogP contribution in [0.4, 0.5) is 5.69 Å². The molecule has 0 saturated carbocycles. The van der Waals surface area contributed by atoms with E-state index in [1.165, 1.54) is 6.07 Å². The third kappa shape index (κ3) is 5.09. The van der Waals surface area contributed by atoms with Crippen molar-refractivity contribution in [1.29, 1.82) is 0 Å². The molecule has 2 aromatic carbocycles. The predicted octanol–water partition coefficient (Wildman–Crippen LogP) is 5.38. The first kappa shape index (κ1) is 22.6. The Balaban J connectivity index is 1.53. The van der Waals surface area contributed by atoms with Crippen LogP contribution < -0.4 is 15.6 Å². The van der Waals surface area contributed by atoms with Gasteiger partial charge in [0.2, 0.25) is 0 Å². The lowest BCUT2D eigenvalue weighted by atomic mass is 9.87. The highest BCUT2D eigenvalue weighted by molar-refractivity contribution is 6.31. The second-order valence-corrected chi connectivity index (χ2v) is 9.23. The molecule has 0 aliphatic carbocycles. The van der Waals surface area contributed by atoms with Gasteiger partial charge in [-0.25, -0.2) is 4.98 Å². The first-order valence-electron chi connectivity index (χ1n) is 10.4. The highest BCUT2D eigenvalue weighted by atomic mass is 35.5. The fraction of sp³-hybridized carbons (Fsp3) is 0.240. The smallest absolute Gasteiger partial charge is 0.287 e. The summed E-state index contributed by atoms with van der Waals surface area (Å²) in [4.78, 5) is 29.4. The van der Waals surface area contributed by atoms with Crippen LogP contribution in [0.3, 0.4) is 0 Å². The molecule has 1 amide bonds. The molecule has 7 nitrogen and oxygen atoms in total. The number of carbonyl (C=O) groups excluding carboxylic acids is 1. The Bertz CT molecular complexity index is 1380. The molecular weight excluding hydrogens is 442 g/mol. The fourth-order valence-corrected chi connectivity index (χ4v) is 3.51. The van der Waals surface area contributed by atoms with E-state index < -0.39 is 0 Å². The van der Waals surface area contributed by atoms with Gasteiger partial charge in [0.15, 0.2) is 5.65 Å². The second-order valence-electron chi connectivity index (χ2n) is 8.80. The molecule has 0 fully saturated rings. The molecule has 0 bridgehead atoms. The molecule has 0 saturated heterocycles. The van der Waals surface area contributed by atoms with E-state index in [4.69, 9.17) is 20.9 Å². The average molecular weight is 466 g/mol. The summed E-state index contributed by atoms with van der Waals surface area (Å²) in [6.07, 6.45) is 0. The number of aromatic nitrogens is 2. The standard InChI is InChI=1S/C25H24ClN3O4/c1-15-11-22-27-19(13-23(30)29(22)33-15)14-32-21-10-9-18(26)12-20(21)28-24(31)16-5-7-17(8-6-16)25(2,3)4/h5-13H,14H2,1-4H3,(H,28,31). The molecule has 0 aliphatic rings. The molecule has 0 spiro atoms. The van der Waals surface area contributed by atoms with Gasteiger partial charge in [-0.1, -0.05) is 44.5 Å². The number of fused-ring (bicyclic) bond motifs is 1. The molecule has 4 aromatic rings. The number of benzene rings is 2. The van der Waals surface area contributed by atoms with Gasteiger partial charge in [-0.2, -0.15) is 0 Å². The average Bonchev–Trinajstić information content (AvgIpc) is 3.13. The minimum absolute atomic E-state index is 0.00234. The summed E-state index contributed by atoms with van der Waals surface area (Å²) in [5.74, 6) is 0.703. The van der Waals surface area contributed by atoms with Crippen molar-refractivity contribution in [1.82, 2.24) is 9.56 Å². The summed E-state index contributed by atoms with van der Waals surface area (Å²) in [6, 6.07) is 15.4. The van der Waals surface area contributed by atoms with Gasteiger partial charge < -0.3 is 14.6 Å². The quantitative estimate of drug-likeness (QED) is 0.427. The van der Waals surface area contributed by atoms with Crippen molar-refractivity contribution < 1.29 is 14.1 Å². The monoisotopic (exact) mass is 465 g/mol. The molecule has 0 aliphatic heterocycles. The fourth-order valence-electron chi connectivity index (χ4n) is 3.34. The summed E-state index contributed by atoms with van der Waals surface area (Å²) in [5, 5.41) is 3.31. The second kappa shape index (κ2) is 8.75. The Morgan fingerprint density at radius 1 is 1.12 bits per heavy atom. The van der Waals surface area contributed by atoms with Crippen molar-refractivity contribution in [3.05, 3.63) is 92.6 Å². The maximum Gasteiger partial charge on any atom is 0.287 e. The van der Waals surface area contributed by atoms with Crippen LogP contribution in [-0.2, 0) is 12.0 Å². The minimum atomic E-state index is -0.338. The van der Waals surface area contributed by atoms with E-state index in [9.17, 15) is 9.59 Å². The van der Waals surface area contributed by atoms with E-state index >= 15 is 0 Å². The minimum Gasteiger partial charge on any atom is -0.485 e. The normalized spacial score (nSPS) is 11.5. The van der Waals surface area contributed by atoms with Crippen LogP contribution in [0.1, 0.15) is 48.1 Å². The Kier molecular flexibility index (Phi) is 5.99. The van der Waals surface area contributed by atoms with Crippen LogP contribution in [0.15, 0.2) is 63.9 Å². The van der Waals surface area contributed by atoms with Crippen molar-refractivity contribution >= 4 is 28.8 Å². The first-order chi connectivity index (χ1) is 15.6. The maximum atomic E-state index is 12.8. The van der Waals surface area contributed by atoms with Crippen LogP contribution in [0.2, 0.25) is 5.02 Å². The van der Waals surface area contributed by atoms with Crippen LogP contribution in [-0.4, -0.2) is 15.5 Å². The molecular formula is C25H24ClN3O4. The number of nitrogens with one attached hydrogen (secondary N) is 1. The lowest BCUT2D eigenvalue weighted by Gasteiger charge is -2.19. The first-order valence-corrected chi connectivity index (χ1v) is 10.8. The molecule has 2 heterocycles. The number of nitrogens with zero attached hydrogens (tertiary/aromatic N) is 2. The van der Waals surface area contributed by atoms with Crippen molar-refractivity contribution in [2.24, 2.45) is 0 Å². The number of hydrogen-bond donors (Lipinski definition) is 1. The zero-order valence-electron chi connectivity index (χ0n) is 18.8. The highest BCUT2D eigenvalue weighted by Gasteiger charge is 2.16. The van der Waals surface area contributed by atoms with E-state index in [1.807, 2.05) is 12.1 Å². The molecule has 4 rings (SSSR count). The van der Waals surface area contributed by atoms with Crippen LogP contribution in [0, 0.1) is 6.92 Å². The van der Waals surface area contributed by atoms with Gasteiger partial charge in [-0.3, -0.25) is 9.59 Å². The van der Waals surface area contributed by atoms with Crippen LogP contribution in [0.25, 0.3) is 5.65 Å². The number of anilines is 1. The van der Waals surface area contributed by atoms with Gasteiger partial charge in [0.1, 0.15) is 18.1 Å². The van der Waals surface area contributed by atoms with Crippen molar-refractivity contribution in [3.63, 3.8) is 0 Å². The molecule has 33 heavy (non-hydrogen) atoms. The number of hydrogen-bond acceptors (Lipinski definition) is 5. The van der Waals surface area contributed by atoms with Gasteiger partial charge in [0, 0.05) is 22.7 Å². The van der Waals surface area contributed by atoms with Crippen LogP contribution >= 0.6 is 11.6 Å². The molecule has 8 heteroatoms. The summed E-state index contributed by atoms with van der Waals surface area (Å²) >= 11 is 6.15. The zero-order valence-corrected chi connectivity index (χ0v) is 19.6. The Labute approximate surface area is 195 Å². The van der Waals surface area contributed by atoms with E-state index in [0.717, 1.165) is 10.1 Å².